The molecule has 4 heteroatoms. The SMILES string of the molecule is Cc1cnc(C)s1.Cc1nccs1. The second-order valence-corrected chi connectivity index (χ2v) is 5.08. The molecule has 2 aromatic rings. The van der Waals surface area contributed by atoms with Gasteiger partial charge >= 0.3 is 0 Å². The van der Waals surface area contributed by atoms with Gasteiger partial charge in [-0.2, -0.15) is 0 Å². The second kappa shape index (κ2) is 5.09. The standard InChI is InChI=1S/C5H7NS.C4H5NS/c1-4-3-6-5(2)7-4;1-4-5-2-3-6-4/h3H,1-2H3;2-3H,1H3. The molecule has 0 aliphatic heterocycles. The van der Waals surface area contributed by atoms with Crippen LogP contribution in [0.4, 0.5) is 0 Å². The van der Waals surface area contributed by atoms with Gasteiger partial charge in [-0.1, -0.05) is 0 Å². The Morgan fingerprint density at radius 3 is 2.00 bits per heavy atom. The van der Waals surface area contributed by atoms with Crippen LogP contribution in [0.15, 0.2) is 17.8 Å². The number of aromatic nitrogens is 2. The topological polar surface area (TPSA) is 25.8 Å². The molecule has 0 unspecified atom stereocenters. The maximum atomic E-state index is 4.03. The molecule has 13 heavy (non-hydrogen) atoms. The third-order valence-corrected chi connectivity index (χ3v) is 2.83. The molecule has 0 bridgehead atoms. The molecule has 0 atom stereocenters. The van der Waals surface area contributed by atoms with E-state index in [9.17, 15) is 0 Å². The van der Waals surface area contributed by atoms with Crippen LogP contribution in [0.5, 0.6) is 0 Å². The lowest BCUT2D eigenvalue weighted by molar-refractivity contribution is 1.28. The van der Waals surface area contributed by atoms with Crippen molar-refractivity contribution in [3.8, 4) is 0 Å². The summed E-state index contributed by atoms with van der Waals surface area (Å²) in [5.74, 6) is 0. The maximum Gasteiger partial charge on any atom is 0.0896 e. The smallest absolute Gasteiger partial charge is 0.0896 e. The molecule has 2 heterocycles. The summed E-state index contributed by atoms with van der Waals surface area (Å²) in [6, 6.07) is 0. The summed E-state index contributed by atoms with van der Waals surface area (Å²) in [5, 5.41) is 4.25. The van der Waals surface area contributed by atoms with Crippen LogP contribution in [0.3, 0.4) is 0 Å². The van der Waals surface area contributed by atoms with E-state index in [4.69, 9.17) is 0 Å². The van der Waals surface area contributed by atoms with Gasteiger partial charge in [-0.05, 0) is 20.8 Å². The first-order chi connectivity index (χ1) is 6.18. The molecule has 0 spiro atoms. The highest BCUT2D eigenvalue weighted by Crippen LogP contribution is 2.07. The predicted molar refractivity (Wildman–Crippen MR) is 58.4 cm³/mol. The fourth-order valence-electron chi connectivity index (χ4n) is 0.762. The molecule has 0 radical (unpaired) electrons. The van der Waals surface area contributed by atoms with Crippen LogP contribution >= 0.6 is 22.7 Å². The van der Waals surface area contributed by atoms with Gasteiger partial charge in [0.2, 0.25) is 0 Å². The van der Waals surface area contributed by atoms with E-state index in [1.807, 2.05) is 25.4 Å². The number of hydrogen-bond donors (Lipinski definition) is 0. The van der Waals surface area contributed by atoms with E-state index in [1.54, 1.807) is 28.9 Å². The number of thiazole rings is 2. The van der Waals surface area contributed by atoms with Crippen molar-refractivity contribution in [2.45, 2.75) is 20.8 Å². The van der Waals surface area contributed by atoms with Gasteiger partial charge in [0.1, 0.15) is 0 Å². The summed E-state index contributed by atoms with van der Waals surface area (Å²) in [6.07, 6.45) is 3.69. The lowest BCUT2D eigenvalue weighted by Gasteiger charge is -1.68. The zero-order valence-corrected chi connectivity index (χ0v) is 9.58. The maximum absolute atomic E-state index is 4.03. The van der Waals surface area contributed by atoms with Crippen molar-refractivity contribution in [1.29, 1.82) is 0 Å². The summed E-state index contributed by atoms with van der Waals surface area (Å²) in [6.45, 7) is 6.06. The Morgan fingerprint density at radius 1 is 1.08 bits per heavy atom. The summed E-state index contributed by atoms with van der Waals surface area (Å²) < 4.78 is 0. The molecule has 2 nitrogen and oxygen atoms in total. The zero-order valence-electron chi connectivity index (χ0n) is 7.94. The highest BCUT2D eigenvalue weighted by molar-refractivity contribution is 7.11. The zero-order chi connectivity index (χ0) is 9.68. The number of rotatable bonds is 0. The Kier molecular flexibility index (Phi) is 4.05. The van der Waals surface area contributed by atoms with E-state index in [0.717, 1.165) is 10.0 Å². The van der Waals surface area contributed by atoms with Crippen LogP contribution in [0.2, 0.25) is 0 Å². The van der Waals surface area contributed by atoms with Crippen molar-refractivity contribution in [3.63, 3.8) is 0 Å². The van der Waals surface area contributed by atoms with Gasteiger partial charge in [-0.3, -0.25) is 4.98 Å². The van der Waals surface area contributed by atoms with E-state index < -0.39 is 0 Å². The van der Waals surface area contributed by atoms with Crippen molar-refractivity contribution in [3.05, 3.63) is 32.7 Å². The third kappa shape index (κ3) is 4.15. The first-order valence-corrected chi connectivity index (χ1v) is 5.63. The fraction of sp³-hybridized carbons (Fsp3) is 0.333. The highest BCUT2D eigenvalue weighted by Gasteiger charge is 1.86. The van der Waals surface area contributed by atoms with Crippen molar-refractivity contribution in [1.82, 2.24) is 9.97 Å². The van der Waals surface area contributed by atoms with Gasteiger partial charge in [-0.25, -0.2) is 4.98 Å². The number of aryl methyl sites for hydroxylation is 3. The minimum atomic E-state index is 1.13. The van der Waals surface area contributed by atoms with Gasteiger partial charge in [0.05, 0.1) is 10.0 Å². The van der Waals surface area contributed by atoms with E-state index in [1.165, 1.54) is 4.88 Å². The molecule has 0 aliphatic rings. The Hall–Kier alpha value is -0.740. The second-order valence-electron chi connectivity index (χ2n) is 2.54. The van der Waals surface area contributed by atoms with E-state index in [0.29, 0.717) is 0 Å². The van der Waals surface area contributed by atoms with E-state index in [-0.39, 0.29) is 0 Å². The lowest BCUT2D eigenvalue weighted by atomic mass is 10.6. The largest absolute Gasteiger partial charge is 0.250 e. The van der Waals surface area contributed by atoms with Crippen LogP contribution in [0.25, 0.3) is 0 Å². The minimum absolute atomic E-state index is 1.13. The van der Waals surface area contributed by atoms with Crippen LogP contribution in [-0.2, 0) is 0 Å². The van der Waals surface area contributed by atoms with Gasteiger partial charge in [-0.15, -0.1) is 22.7 Å². The van der Waals surface area contributed by atoms with Crippen LogP contribution in [-0.4, -0.2) is 9.97 Å². The first kappa shape index (κ1) is 10.3. The molecule has 0 amide bonds. The molecular weight excluding hydrogens is 200 g/mol. The normalized spacial score (nSPS) is 9.15. The quantitative estimate of drug-likeness (QED) is 0.670. The summed E-state index contributed by atoms with van der Waals surface area (Å²) >= 11 is 3.40. The average molecular weight is 212 g/mol. The molecule has 2 rings (SSSR count). The summed E-state index contributed by atoms with van der Waals surface area (Å²) in [4.78, 5) is 9.26. The molecule has 2 aromatic heterocycles. The molecule has 0 saturated heterocycles. The molecule has 70 valence electrons. The summed E-state index contributed by atoms with van der Waals surface area (Å²) in [5.41, 5.74) is 0. The average Bonchev–Trinajstić information content (AvgIpc) is 2.64. The van der Waals surface area contributed by atoms with E-state index >= 15 is 0 Å². The lowest BCUT2D eigenvalue weighted by Crippen LogP contribution is -1.57. The number of hydrogen-bond acceptors (Lipinski definition) is 4. The number of nitrogens with zero attached hydrogens (tertiary/aromatic N) is 2. The Morgan fingerprint density at radius 2 is 1.85 bits per heavy atom. The highest BCUT2D eigenvalue weighted by atomic mass is 32.1. The molecule has 0 fully saturated rings. The van der Waals surface area contributed by atoms with Crippen LogP contribution in [0.1, 0.15) is 14.9 Å². The first-order valence-electron chi connectivity index (χ1n) is 3.93. The Balaban J connectivity index is 0.000000132. The predicted octanol–water partition coefficient (Wildman–Crippen LogP) is 3.21. The van der Waals surface area contributed by atoms with Gasteiger partial charge in [0.25, 0.3) is 0 Å². The van der Waals surface area contributed by atoms with Gasteiger partial charge in [0, 0.05) is 22.7 Å². The minimum Gasteiger partial charge on any atom is -0.250 e. The molecule has 0 N–H and O–H groups in total. The molecular formula is C9H12N2S2. The molecule has 0 saturated carbocycles. The van der Waals surface area contributed by atoms with E-state index in [2.05, 4.69) is 16.9 Å². The Bertz CT molecular complexity index is 322. The molecule has 0 aromatic carbocycles. The van der Waals surface area contributed by atoms with Crippen molar-refractivity contribution in [2.75, 3.05) is 0 Å². The monoisotopic (exact) mass is 212 g/mol. The van der Waals surface area contributed by atoms with Gasteiger partial charge in [0.15, 0.2) is 0 Å². The molecule has 0 aliphatic carbocycles. The van der Waals surface area contributed by atoms with Crippen LogP contribution < -0.4 is 0 Å². The van der Waals surface area contributed by atoms with Crippen molar-refractivity contribution >= 4 is 22.7 Å². The third-order valence-electron chi connectivity index (χ3n) is 1.29. The Labute approximate surface area is 86.3 Å². The summed E-state index contributed by atoms with van der Waals surface area (Å²) in [7, 11) is 0. The fourth-order valence-corrected chi connectivity index (χ4v) is 1.88. The van der Waals surface area contributed by atoms with Crippen molar-refractivity contribution in [2.24, 2.45) is 0 Å². The van der Waals surface area contributed by atoms with Crippen LogP contribution in [0, 0.1) is 20.8 Å². The van der Waals surface area contributed by atoms with Crippen molar-refractivity contribution < 1.29 is 0 Å². The van der Waals surface area contributed by atoms with Gasteiger partial charge < -0.3 is 0 Å².